The fraction of sp³-hybridized carbons (Fsp3) is 0.269. The molecular formula is C26H27ClFN5O3S2. The third-order valence-corrected chi connectivity index (χ3v) is 8.92. The molecule has 12 heteroatoms. The van der Waals surface area contributed by atoms with Gasteiger partial charge in [0.05, 0.1) is 18.8 Å². The fourth-order valence-electron chi connectivity index (χ4n) is 3.85. The highest BCUT2D eigenvalue weighted by molar-refractivity contribution is 7.92. The quantitative estimate of drug-likeness (QED) is 0.272. The maximum atomic E-state index is 15.1. The average molecular weight is 576 g/mol. The van der Waals surface area contributed by atoms with Gasteiger partial charge in [-0.15, -0.1) is 11.3 Å². The second-order valence-electron chi connectivity index (χ2n) is 9.17. The summed E-state index contributed by atoms with van der Waals surface area (Å²) in [5.74, 6) is 0.569. The standard InChI is InChI=1S/C26H27ClFN5O3S2/c1-16(2)10-22-13-23(18-4-5-19(24(28)11-18)15-33-9-8-29-17(33)3)25(37-22)38(35,36)32-26(34)31-14-21-12-20(27)6-7-30-21/h4-9,11-13,16H,10,14-15H2,1-3H3,(H2,31,32,34). The highest BCUT2D eigenvalue weighted by atomic mass is 35.5. The molecule has 0 aliphatic carbocycles. The molecule has 2 amide bonds. The molecule has 0 aliphatic heterocycles. The smallest absolute Gasteiger partial charge is 0.329 e. The van der Waals surface area contributed by atoms with Gasteiger partial charge < -0.3 is 9.88 Å². The molecule has 0 saturated heterocycles. The summed E-state index contributed by atoms with van der Waals surface area (Å²) >= 11 is 7.00. The Labute approximate surface area is 230 Å². The Hall–Kier alpha value is -3.28. The zero-order valence-electron chi connectivity index (χ0n) is 21.0. The Morgan fingerprint density at radius 1 is 1.16 bits per heavy atom. The molecule has 0 fully saturated rings. The number of benzene rings is 1. The summed E-state index contributed by atoms with van der Waals surface area (Å²) in [5, 5.41) is 2.93. The van der Waals surface area contributed by atoms with Crippen LogP contribution in [0.1, 0.15) is 35.8 Å². The minimum absolute atomic E-state index is 0.0130. The Balaban J connectivity index is 1.59. The second kappa shape index (κ2) is 11.6. The van der Waals surface area contributed by atoms with Gasteiger partial charge in [-0.05, 0) is 49.1 Å². The van der Waals surface area contributed by atoms with Crippen LogP contribution in [0.4, 0.5) is 9.18 Å². The van der Waals surface area contributed by atoms with E-state index in [0.717, 1.165) is 22.0 Å². The number of imidazole rings is 1. The van der Waals surface area contributed by atoms with Crippen molar-refractivity contribution >= 4 is 39.0 Å². The molecule has 0 spiro atoms. The molecule has 3 heterocycles. The molecule has 3 aromatic heterocycles. The van der Waals surface area contributed by atoms with Gasteiger partial charge in [-0.25, -0.2) is 27.3 Å². The lowest BCUT2D eigenvalue weighted by atomic mass is 10.0. The second-order valence-corrected chi connectivity index (χ2v) is 12.6. The first-order chi connectivity index (χ1) is 18.0. The van der Waals surface area contributed by atoms with Crippen LogP contribution >= 0.6 is 22.9 Å². The average Bonchev–Trinajstić information content (AvgIpc) is 3.45. The van der Waals surface area contributed by atoms with Crippen molar-refractivity contribution in [2.75, 3.05) is 0 Å². The number of hydrogen-bond donors (Lipinski definition) is 2. The van der Waals surface area contributed by atoms with Gasteiger partial charge in [0, 0.05) is 39.6 Å². The van der Waals surface area contributed by atoms with Gasteiger partial charge in [0.1, 0.15) is 15.9 Å². The molecule has 2 N–H and O–H groups in total. The van der Waals surface area contributed by atoms with Crippen molar-refractivity contribution < 1.29 is 17.6 Å². The van der Waals surface area contributed by atoms with Gasteiger partial charge in [-0.2, -0.15) is 0 Å². The van der Waals surface area contributed by atoms with Gasteiger partial charge in [0.25, 0.3) is 10.0 Å². The lowest BCUT2D eigenvalue weighted by Gasteiger charge is -2.11. The van der Waals surface area contributed by atoms with E-state index in [1.54, 1.807) is 42.7 Å². The summed E-state index contributed by atoms with van der Waals surface area (Å²) in [6, 6.07) is 8.66. The topological polar surface area (TPSA) is 106 Å². The number of urea groups is 1. The van der Waals surface area contributed by atoms with Gasteiger partial charge in [0.15, 0.2) is 0 Å². The van der Waals surface area contributed by atoms with Gasteiger partial charge in [-0.3, -0.25) is 4.98 Å². The first-order valence-corrected chi connectivity index (χ1v) is 14.5. The highest BCUT2D eigenvalue weighted by Crippen LogP contribution is 2.37. The van der Waals surface area contributed by atoms with E-state index in [0.29, 0.717) is 40.4 Å². The van der Waals surface area contributed by atoms with Crippen LogP contribution in [0.3, 0.4) is 0 Å². The maximum Gasteiger partial charge on any atom is 0.329 e. The summed E-state index contributed by atoms with van der Waals surface area (Å²) in [4.78, 5) is 21.5. The number of aryl methyl sites for hydroxylation is 1. The summed E-state index contributed by atoms with van der Waals surface area (Å²) in [7, 11) is -4.26. The van der Waals surface area contributed by atoms with Gasteiger partial charge in [0.2, 0.25) is 0 Å². The van der Waals surface area contributed by atoms with E-state index < -0.39 is 21.9 Å². The number of nitrogens with zero attached hydrogens (tertiary/aromatic N) is 3. The third-order valence-electron chi connectivity index (χ3n) is 5.67. The number of sulfonamides is 1. The lowest BCUT2D eigenvalue weighted by Crippen LogP contribution is -2.39. The molecule has 4 aromatic rings. The normalized spacial score (nSPS) is 11.6. The molecule has 38 heavy (non-hydrogen) atoms. The number of thiophene rings is 1. The predicted octanol–water partition coefficient (Wildman–Crippen LogP) is 5.54. The van der Waals surface area contributed by atoms with E-state index in [9.17, 15) is 13.2 Å². The van der Waals surface area contributed by atoms with E-state index in [1.807, 2.05) is 25.3 Å². The molecule has 0 aliphatic rings. The molecule has 0 saturated carbocycles. The Kier molecular flexibility index (Phi) is 8.49. The van der Waals surface area contributed by atoms with Crippen molar-refractivity contribution in [3.8, 4) is 11.1 Å². The minimum Gasteiger partial charge on any atom is -0.332 e. The molecule has 1 aromatic carbocycles. The Morgan fingerprint density at radius 2 is 1.95 bits per heavy atom. The number of nitrogens with one attached hydrogen (secondary N) is 2. The summed E-state index contributed by atoms with van der Waals surface area (Å²) in [5.41, 5.74) is 1.67. The number of pyridine rings is 1. The van der Waals surface area contributed by atoms with Crippen LogP contribution in [-0.2, 0) is 29.5 Å². The predicted molar refractivity (Wildman–Crippen MR) is 146 cm³/mol. The largest absolute Gasteiger partial charge is 0.332 e. The van der Waals surface area contributed by atoms with Crippen LogP contribution in [0.15, 0.2) is 59.2 Å². The highest BCUT2D eigenvalue weighted by Gasteiger charge is 2.26. The molecule has 0 atom stereocenters. The van der Waals surface area contributed by atoms with Crippen molar-refractivity contribution in [2.45, 2.75) is 44.5 Å². The maximum absolute atomic E-state index is 15.1. The molecule has 200 valence electrons. The van der Waals surface area contributed by atoms with Crippen molar-refractivity contribution in [3.63, 3.8) is 0 Å². The Morgan fingerprint density at radius 3 is 2.61 bits per heavy atom. The van der Waals surface area contributed by atoms with Crippen molar-refractivity contribution in [1.29, 1.82) is 0 Å². The molecule has 0 unspecified atom stereocenters. The van der Waals surface area contributed by atoms with Crippen LogP contribution in [0, 0.1) is 18.7 Å². The van der Waals surface area contributed by atoms with Crippen LogP contribution < -0.4 is 10.0 Å². The van der Waals surface area contributed by atoms with Crippen LogP contribution in [-0.4, -0.2) is 29.0 Å². The van der Waals surface area contributed by atoms with Crippen molar-refractivity contribution in [3.05, 3.63) is 87.8 Å². The Bertz CT molecular complexity index is 1570. The van der Waals surface area contributed by atoms with Crippen molar-refractivity contribution in [1.82, 2.24) is 24.6 Å². The monoisotopic (exact) mass is 575 g/mol. The number of halogens is 2. The van der Waals surface area contributed by atoms with E-state index in [2.05, 4.69) is 20.0 Å². The zero-order chi connectivity index (χ0) is 27.4. The van der Waals surface area contributed by atoms with E-state index in [4.69, 9.17) is 11.6 Å². The van der Waals surface area contributed by atoms with Gasteiger partial charge in [-0.1, -0.05) is 37.6 Å². The zero-order valence-corrected chi connectivity index (χ0v) is 23.4. The molecule has 0 bridgehead atoms. The third kappa shape index (κ3) is 6.77. The lowest BCUT2D eigenvalue weighted by molar-refractivity contribution is 0.245. The summed E-state index contributed by atoms with van der Waals surface area (Å²) in [6.45, 7) is 6.17. The van der Waals surface area contributed by atoms with Gasteiger partial charge >= 0.3 is 6.03 Å². The van der Waals surface area contributed by atoms with E-state index >= 15 is 4.39 Å². The number of rotatable bonds is 9. The van der Waals surface area contributed by atoms with E-state index in [-0.39, 0.29) is 16.7 Å². The van der Waals surface area contributed by atoms with E-state index in [1.165, 1.54) is 12.3 Å². The number of amides is 2. The van der Waals surface area contributed by atoms with Crippen LogP contribution in [0.5, 0.6) is 0 Å². The molecule has 0 radical (unpaired) electrons. The number of aromatic nitrogens is 3. The van der Waals surface area contributed by atoms with Crippen molar-refractivity contribution in [2.24, 2.45) is 5.92 Å². The molecule has 4 rings (SSSR count). The fourth-order valence-corrected chi connectivity index (χ4v) is 6.91. The SMILES string of the molecule is Cc1nccn1Cc1ccc(-c2cc(CC(C)C)sc2S(=O)(=O)NC(=O)NCc2cc(Cl)ccn2)cc1F. The minimum atomic E-state index is -4.26. The molecular weight excluding hydrogens is 549 g/mol. The number of carbonyl (C=O) groups excluding carboxylic acids is 1. The number of carbonyl (C=O) groups is 1. The summed E-state index contributed by atoms with van der Waals surface area (Å²) in [6.07, 6.45) is 5.54. The molecule has 8 nitrogen and oxygen atoms in total. The summed E-state index contributed by atoms with van der Waals surface area (Å²) < 4.78 is 45.6. The first kappa shape index (κ1) is 27.7. The van der Waals surface area contributed by atoms with Crippen LogP contribution in [0.25, 0.3) is 11.1 Å². The first-order valence-electron chi connectivity index (χ1n) is 11.8. The number of hydrogen-bond acceptors (Lipinski definition) is 6. The van der Waals surface area contributed by atoms with Crippen LogP contribution in [0.2, 0.25) is 5.02 Å².